The SMILES string of the molecule is N#C[C@@H](N=C=O)c1ccccc1. The van der Waals surface area contributed by atoms with Crippen molar-refractivity contribution in [3.8, 4) is 6.07 Å². The Balaban J connectivity index is 2.97. The minimum atomic E-state index is -0.719. The van der Waals surface area contributed by atoms with Gasteiger partial charge in [-0.25, -0.2) is 4.79 Å². The Labute approximate surface area is 70.0 Å². The Morgan fingerprint density at radius 3 is 2.50 bits per heavy atom. The predicted octanol–water partition coefficient (Wildman–Crippen LogP) is 1.59. The molecule has 0 heterocycles. The molecule has 1 aromatic rings. The van der Waals surface area contributed by atoms with E-state index in [1.807, 2.05) is 12.1 Å². The molecule has 0 aliphatic carbocycles. The number of hydrogen-bond acceptors (Lipinski definition) is 3. The maximum atomic E-state index is 9.90. The van der Waals surface area contributed by atoms with Gasteiger partial charge in [0, 0.05) is 0 Å². The molecule has 3 nitrogen and oxygen atoms in total. The molecule has 58 valence electrons. The summed E-state index contributed by atoms with van der Waals surface area (Å²) in [6.07, 6.45) is 1.37. The molecule has 0 fully saturated rings. The van der Waals surface area contributed by atoms with Crippen LogP contribution in [0.3, 0.4) is 0 Å². The van der Waals surface area contributed by atoms with E-state index in [9.17, 15) is 4.79 Å². The summed E-state index contributed by atoms with van der Waals surface area (Å²) in [7, 11) is 0. The second kappa shape index (κ2) is 4.07. The van der Waals surface area contributed by atoms with Gasteiger partial charge in [-0.05, 0) is 5.56 Å². The van der Waals surface area contributed by atoms with Crippen LogP contribution in [0, 0.1) is 11.3 Å². The zero-order chi connectivity index (χ0) is 8.81. The third kappa shape index (κ3) is 1.79. The summed E-state index contributed by atoms with van der Waals surface area (Å²) >= 11 is 0. The highest BCUT2D eigenvalue weighted by Crippen LogP contribution is 2.14. The van der Waals surface area contributed by atoms with Crippen LogP contribution in [0.2, 0.25) is 0 Å². The number of benzene rings is 1. The van der Waals surface area contributed by atoms with Crippen molar-refractivity contribution in [2.75, 3.05) is 0 Å². The highest BCUT2D eigenvalue weighted by molar-refractivity contribution is 5.37. The van der Waals surface area contributed by atoms with Crippen LogP contribution < -0.4 is 0 Å². The summed E-state index contributed by atoms with van der Waals surface area (Å²) in [6, 6.07) is 10.1. The zero-order valence-electron chi connectivity index (χ0n) is 6.27. The standard InChI is InChI=1S/C9H6N2O/c10-6-9(11-7-12)8-4-2-1-3-5-8/h1-5,9H/t9-/m1/s1. The summed E-state index contributed by atoms with van der Waals surface area (Å²) in [5.74, 6) is 0. The van der Waals surface area contributed by atoms with Gasteiger partial charge in [-0.1, -0.05) is 30.3 Å². The first-order valence-corrected chi connectivity index (χ1v) is 3.40. The summed E-state index contributed by atoms with van der Waals surface area (Å²) < 4.78 is 0. The molecule has 0 aliphatic heterocycles. The Kier molecular flexibility index (Phi) is 2.78. The van der Waals surface area contributed by atoms with Crippen molar-refractivity contribution >= 4 is 6.08 Å². The Hall–Kier alpha value is -1.91. The summed E-state index contributed by atoms with van der Waals surface area (Å²) in [5.41, 5.74) is 0.711. The van der Waals surface area contributed by atoms with E-state index in [0.717, 1.165) is 0 Å². The monoisotopic (exact) mass is 158 g/mol. The van der Waals surface area contributed by atoms with Crippen LogP contribution in [-0.2, 0) is 4.79 Å². The van der Waals surface area contributed by atoms with Crippen molar-refractivity contribution < 1.29 is 4.79 Å². The third-order valence-corrected chi connectivity index (χ3v) is 1.42. The molecule has 12 heavy (non-hydrogen) atoms. The summed E-state index contributed by atoms with van der Waals surface area (Å²) in [5, 5.41) is 8.59. The fourth-order valence-electron chi connectivity index (χ4n) is 0.866. The lowest BCUT2D eigenvalue weighted by Gasteiger charge is -1.98. The first-order chi connectivity index (χ1) is 5.88. The van der Waals surface area contributed by atoms with E-state index < -0.39 is 6.04 Å². The zero-order valence-corrected chi connectivity index (χ0v) is 6.27. The molecule has 0 amide bonds. The van der Waals surface area contributed by atoms with Crippen LogP contribution in [0.15, 0.2) is 35.3 Å². The van der Waals surface area contributed by atoms with E-state index in [0.29, 0.717) is 5.56 Å². The number of rotatable bonds is 2. The van der Waals surface area contributed by atoms with Crippen LogP contribution in [0.25, 0.3) is 0 Å². The quantitative estimate of drug-likeness (QED) is 0.484. The number of hydrogen-bond donors (Lipinski definition) is 0. The van der Waals surface area contributed by atoms with Crippen molar-refractivity contribution in [1.29, 1.82) is 5.26 Å². The molecule has 1 rings (SSSR count). The van der Waals surface area contributed by atoms with E-state index in [1.54, 1.807) is 24.3 Å². The normalized spacial score (nSPS) is 10.9. The van der Waals surface area contributed by atoms with Gasteiger partial charge in [0.1, 0.15) is 0 Å². The Bertz CT molecular complexity index is 333. The van der Waals surface area contributed by atoms with E-state index in [4.69, 9.17) is 5.26 Å². The largest absolute Gasteiger partial charge is 0.236 e. The van der Waals surface area contributed by atoms with Crippen LogP contribution in [0.1, 0.15) is 11.6 Å². The molecule has 0 N–H and O–H groups in total. The van der Waals surface area contributed by atoms with Crippen LogP contribution in [0.5, 0.6) is 0 Å². The average molecular weight is 158 g/mol. The predicted molar refractivity (Wildman–Crippen MR) is 42.9 cm³/mol. The molecule has 0 spiro atoms. The van der Waals surface area contributed by atoms with E-state index in [1.165, 1.54) is 6.08 Å². The van der Waals surface area contributed by atoms with Gasteiger partial charge in [0.05, 0.1) is 6.07 Å². The second-order valence-electron chi connectivity index (χ2n) is 2.16. The average Bonchev–Trinajstić information content (AvgIpc) is 2.15. The number of nitrogens with zero attached hydrogens (tertiary/aromatic N) is 2. The second-order valence-corrected chi connectivity index (χ2v) is 2.16. The highest BCUT2D eigenvalue weighted by Gasteiger charge is 2.05. The third-order valence-electron chi connectivity index (χ3n) is 1.42. The molecule has 0 saturated heterocycles. The van der Waals surface area contributed by atoms with Crippen LogP contribution in [-0.4, -0.2) is 6.08 Å². The van der Waals surface area contributed by atoms with Crippen molar-refractivity contribution in [2.24, 2.45) is 4.99 Å². The van der Waals surface area contributed by atoms with Gasteiger partial charge in [0.15, 0.2) is 6.04 Å². The first kappa shape index (κ1) is 8.19. The van der Waals surface area contributed by atoms with E-state index in [2.05, 4.69) is 4.99 Å². The number of aliphatic imine (C=N–C) groups is 1. The van der Waals surface area contributed by atoms with Gasteiger partial charge in [-0.3, -0.25) is 0 Å². The molecule has 1 atom stereocenters. The molecule has 0 unspecified atom stereocenters. The lowest BCUT2D eigenvalue weighted by Crippen LogP contribution is -1.89. The number of isocyanates is 1. The van der Waals surface area contributed by atoms with Crippen molar-refractivity contribution in [3.05, 3.63) is 35.9 Å². The molecule has 1 aromatic carbocycles. The Morgan fingerprint density at radius 2 is 2.00 bits per heavy atom. The molecule has 3 heteroatoms. The molecular weight excluding hydrogens is 152 g/mol. The highest BCUT2D eigenvalue weighted by atomic mass is 16.1. The fraction of sp³-hybridized carbons (Fsp3) is 0.111. The molecule has 0 aromatic heterocycles. The topological polar surface area (TPSA) is 53.2 Å². The first-order valence-electron chi connectivity index (χ1n) is 3.40. The summed E-state index contributed by atoms with van der Waals surface area (Å²) in [6.45, 7) is 0. The molecule has 0 bridgehead atoms. The Morgan fingerprint density at radius 1 is 1.33 bits per heavy atom. The fourth-order valence-corrected chi connectivity index (χ4v) is 0.866. The number of carbonyl (C=O) groups excluding carboxylic acids is 1. The molecule has 0 aliphatic rings. The molecule has 0 saturated carbocycles. The van der Waals surface area contributed by atoms with E-state index in [-0.39, 0.29) is 0 Å². The lowest BCUT2D eigenvalue weighted by atomic mass is 10.1. The van der Waals surface area contributed by atoms with Crippen LogP contribution in [0.4, 0.5) is 0 Å². The smallest absolute Gasteiger partial charge is 0.211 e. The molecule has 0 radical (unpaired) electrons. The minimum absolute atomic E-state index is 0.711. The van der Waals surface area contributed by atoms with Gasteiger partial charge < -0.3 is 0 Å². The van der Waals surface area contributed by atoms with Gasteiger partial charge in [-0.15, -0.1) is 0 Å². The maximum absolute atomic E-state index is 9.90. The molecular formula is C9H6N2O. The van der Waals surface area contributed by atoms with Crippen molar-refractivity contribution in [2.45, 2.75) is 6.04 Å². The van der Waals surface area contributed by atoms with Gasteiger partial charge >= 0.3 is 0 Å². The minimum Gasteiger partial charge on any atom is -0.211 e. The van der Waals surface area contributed by atoms with E-state index >= 15 is 0 Å². The lowest BCUT2D eigenvalue weighted by molar-refractivity contribution is 0.561. The van der Waals surface area contributed by atoms with Crippen molar-refractivity contribution in [3.63, 3.8) is 0 Å². The van der Waals surface area contributed by atoms with Gasteiger partial charge in [0.25, 0.3) is 0 Å². The van der Waals surface area contributed by atoms with Gasteiger partial charge in [0.2, 0.25) is 6.08 Å². The van der Waals surface area contributed by atoms with Crippen molar-refractivity contribution in [1.82, 2.24) is 0 Å². The maximum Gasteiger partial charge on any atom is 0.236 e. The number of nitriles is 1. The van der Waals surface area contributed by atoms with Gasteiger partial charge in [-0.2, -0.15) is 10.3 Å². The summed E-state index contributed by atoms with van der Waals surface area (Å²) in [4.78, 5) is 13.3. The van der Waals surface area contributed by atoms with Crippen LogP contribution >= 0.6 is 0 Å².